The summed E-state index contributed by atoms with van der Waals surface area (Å²) in [6.45, 7) is 4.83. The lowest BCUT2D eigenvalue weighted by Crippen LogP contribution is -2.50. The van der Waals surface area contributed by atoms with Crippen molar-refractivity contribution in [2.45, 2.75) is 38.8 Å². The van der Waals surface area contributed by atoms with Crippen LogP contribution < -0.4 is 10.6 Å². The Bertz CT molecular complexity index is 534. The molecule has 7 nitrogen and oxygen atoms in total. The number of aromatic nitrogens is 2. The first-order chi connectivity index (χ1) is 10.6. The SMILES string of the molecule is C[C@H](Cn1cccn1)NC(=O)N1CCC2(CC1)CNC(=O)C2. The van der Waals surface area contributed by atoms with Gasteiger partial charge in [-0.15, -0.1) is 0 Å². The molecule has 0 saturated carbocycles. The number of nitrogens with one attached hydrogen (secondary N) is 2. The molecule has 22 heavy (non-hydrogen) atoms. The summed E-state index contributed by atoms with van der Waals surface area (Å²) < 4.78 is 1.81. The average molecular weight is 305 g/mol. The van der Waals surface area contributed by atoms with Crippen molar-refractivity contribution in [1.82, 2.24) is 25.3 Å². The molecule has 7 heteroatoms. The second-order valence-corrected chi connectivity index (χ2v) is 6.52. The minimum Gasteiger partial charge on any atom is -0.356 e. The van der Waals surface area contributed by atoms with Gasteiger partial charge in [0.1, 0.15) is 0 Å². The molecule has 0 aromatic carbocycles. The van der Waals surface area contributed by atoms with E-state index in [2.05, 4.69) is 15.7 Å². The molecule has 1 atom stereocenters. The highest BCUT2D eigenvalue weighted by atomic mass is 16.2. The van der Waals surface area contributed by atoms with E-state index in [1.165, 1.54) is 0 Å². The Labute approximate surface area is 130 Å². The minimum atomic E-state index is -0.0215. The van der Waals surface area contributed by atoms with Gasteiger partial charge in [-0.3, -0.25) is 9.48 Å². The van der Waals surface area contributed by atoms with Gasteiger partial charge in [0, 0.05) is 44.5 Å². The van der Waals surface area contributed by atoms with Crippen molar-refractivity contribution in [3.05, 3.63) is 18.5 Å². The highest BCUT2D eigenvalue weighted by molar-refractivity contribution is 5.79. The van der Waals surface area contributed by atoms with Crippen molar-refractivity contribution < 1.29 is 9.59 Å². The van der Waals surface area contributed by atoms with E-state index >= 15 is 0 Å². The van der Waals surface area contributed by atoms with Gasteiger partial charge in [-0.05, 0) is 31.2 Å². The Morgan fingerprint density at radius 2 is 2.27 bits per heavy atom. The van der Waals surface area contributed by atoms with E-state index < -0.39 is 0 Å². The van der Waals surface area contributed by atoms with E-state index in [-0.39, 0.29) is 23.4 Å². The van der Waals surface area contributed by atoms with E-state index in [1.807, 2.05) is 28.8 Å². The number of carbonyl (C=O) groups is 2. The fraction of sp³-hybridized carbons (Fsp3) is 0.667. The van der Waals surface area contributed by atoms with Crippen LogP contribution in [0.1, 0.15) is 26.2 Å². The van der Waals surface area contributed by atoms with Crippen molar-refractivity contribution in [3.8, 4) is 0 Å². The summed E-state index contributed by atoms with van der Waals surface area (Å²) in [5.41, 5.74) is 0.0779. The third-order valence-electron chi connectivity index (χ3n) is 4.70. The lowest BCUT2D eigenvalue weighted by atomic mass is 9.78. The first-order valence-corrected chi connectivity index (χ1v) is 7.86. The number of piperidine rings is 1. The molecule has 0 aliphatic carbocycles. The molecule has 120 valence electrons. The van der Waals surface area contributed by atoms with Gasteiger partial charge in [0.2, 0.25) is 5.91 Å². The first kappa shape index (κ1) is 14.9. The van der Waals surface area contributed by atoms with Crippen LogP contribution in [0.2, 0.25) is 0 Å². The number of urea groups is 1. The Kier molecular flexibility index (Phi) is 4.04. The Morgan fingerprint density at radius 1 is 1.50 bits per heavy atom. The van der Waals surface area contributed by atoms with Crippen LogP contribution in [0.3, 0.4) is 0 Å². The summed E-state index contributed by atoms with van der Waals surface area (Å²) in [4.78, 5) is 25.6. The fourth-order valence-corrected chi connectivity index (χ4v) is 3.33. The summed E-state index contributed by atoms with van der Waals surface area (Å²) >= 11 is 0. The van der Waals surface area contributed by atoms with Gasteiger partial charge in [-0.25, -0.2) is 4.79 Å². The maximum Gasteiger partial charge on any atom is 0.317 e. The number of carbonyl (C=O) groups excluding carboxylic acids is 2. The lowest BCUT2D eigenvalue weighted by molar-refractivity contribution is -0.119. The second kappa shape index (κ2) is 5.98. The molecule has 0 radical (unpaired) electrons. The zero-order chi connectivity index (χ0) is 15.6. The normalized spacial score (nSPS) is 21.7. The molecule has 0 bridgehead atoms. The van der Waals surface area contributed by atoms with Crippen LogP contribution in [0, 0.1) is 5.41 Å². The van der Waals surface area contributed by atoms with E-state index in [0.29, 0.717) is 13.0 Å². The molecule has 1 aromatic heterocycles. The van der Waals surface area contributed by atoms with Crippen LogP contribution in [0.15, 0.2) is 18.5 Å². The molecule has 2 saturated heterocycles. The topological polar surface area (TPSA) is 79.3 Å². The van der Waals surface area contributed by atoms with Gasteiger partial charge in [-0.2, -0.15) is 5.10 Å². The van der Waals surface area contributed by atoms with E-state index in [0.717, 1.165) is 32.5 Å². The lowest BCUT2D eigenvalue weighted by Gasteiger charge is -2.38. The molecule has 3 heterocycles. The molecule has 0 unspecified atom stereocenters. The predicted octanol–water partition coefficient (Wildman–Crippen LogP) is 0.583. The highest BCUT2D eigenvalue weighted by Crippen LogP contribution is 2.37. The third kappa shape index (κ3) is 3.23. The average Bonchev–Trinajstić information content (AvgIpc) is 3.10. The highest BCUT2D eigenvalue weighted by Gasteiger charge is 2.41. The number of amides is 3. The van der Waals surface area contributed by atoms with Gasteiger partial charge >= 0.3 is 6.03 Å². The van der Waals surface area contributed by atoms with Gasteiger partial charge in [0.15, 0.2) is 0 Å². The molecule has 1 spiro atoms. The summed E-state index contributed by atoms with van der Waals surface area (Å²) in [6.07, 6.45) is 6.02. The van der Waals surface area contributed by atoms with Gasteiger partial charge in [-0.1, -0.05) is 0 Å². The van der Waals surface area contributed by atoms with E-state index in [4.69, 9.17) is 0 Å². The van der Waals surface area contributed by atoms with Crippen LogP contribution in [-0.2, 0) is 11.3 Å². The van der Waals surface area contributed by atoms with Crippen LogP contribution in [0.25, 0.3) is 0 Å². The predicted molar refractivity (Wildman–Crippen MR) is 81.1 cm³/mol. The molecule has 3 rings (SSSR count). The standard InChI is InChI=1S/C15H23N5O2/c1-12(10-20-6-2-5-17-20)18-14(22)19-7-3-15(4-8-19)9-13(21)16-11-15/h2,5-6,12H,3-4,7-11H2,1H3,(H,16,21)(H,18,22)/t12-/m1/s1. The smallest absolute Gasteiger partial charge is 0.317 e. The zero-order valence-corrected chi connectivity index (χ0v) is 12.9. The molecule has 3 amide bonds. The molecule has 2 aliphatic rings. The van der Waals surface area contributed by atoms with Gasteiger partial charge in [0.25, 0.3) is 0 Å². The number of nitrogens with zero attached hydrogens (tertiary/aromatic N) is 3. The second-order valence-electron chi connectivity index (χ2n) is 6.52. The Hall–Kier alpha value is -2.05. The molecule has 2 fully saturated rings. The van der Waals surface area contributed by atoms with Crippen LogP contribution in [0.4, 0.5) is 4.79 Å². The summed E-state index contributed by atoms with van der Waals surface area (Å²) in [5.74, 6) is 0.144. The third-order valence-corrected chi connectivity index (χ3v) is 4.70. The van der Waals surface area contributed by atoms with E-state index in [1.54, 1.807) is 6.20 Å². The van der Waals surface area contributed by atoms with Crippen molar-refractivity contribution in [2.24, 2.45) is 5.41 Å². The summed E-state index contributed by atoms with van der Waals surface area (Å²) in [5, 5.41) is 10.1. The van der Waals surface area contributed by atoms with Gasteiger partial charge < -0.3 is 15.5 Å². The van der Waals surface area contributed by atoms with Gasteiger partial charge in [0.05, 0.1) is 6.54 Å². The van der Waals surface area contributed by atoms with Crippen LogP contribution >= 0.6 is 0 Å². The van der Waals surface area contributed by atoms with E-state index in [9.17, 15) is 9.59 Å². The maximum atomic E-state index is 12.3. The fourth-order valence-electron chi connectivity index (χ4n) is 3.33. The number of rotatable bonds is 3. The van der Waals surface area contributed by atoms with Crippen molar-refractivity contribution in [2.75, 3.05) is 19.6 Å². The largest absolute Gasteiger partial charge is 0.356 e. The van der Waals surface area contributed by atoms with Crippen molar-refractivity contribution in [1.29, 1.82) is 0 Å². The minimum absolute atomic E-state index is 0.0215. The van der Waals surface area contributed by atoms with Crippen molar-refractivity contribution in [3.63, 3.8) is 0 Å². The number of hydrogen-bond acceptors (Lipinski definition) is 3. The number of likely N-dealkylation sites (tertiary alicyclic amines) is 1. The van der Waals surface area contributed by atoms with Crippen molar-refractivity contribution >= 4 is 11.9 Å². The molecule has 2 aliphatic heterocycles. The quantitative estimate of drug-likeness (QED) is 0.857. The Balaban J connectivity index is 1.46. The molecular formula is C15H23N5O2. The molecule has 2 N–H and O–H groups in total. The maximum absolute atomic E-state index is 12.3. The Morgan fingerprint density at radius 3 is 2.86 bits per heavy atom. The zero-order valence-electron chi connectivity index (χ0n) is 12.9. The number of hydrogen-bond donors (Lipinski definition) is 2. The van der Waals surface area contributed by atoms with Crippen LogP contribution in [0.5, 0.6) is 0 Å². The summed E-state index contributed by atoms with van der Waals surface area (Å²) in [7, 11) is 0. The molecule has 1 aromatic rings. The first-order valence-electron chi connectivity index (χ1n) is 7.86. The summed E-state index contributed by atoms with van der Waals surface area (Å²) in [6, 6.07) is 1.88. The molecular weight excluding hydrogens is 282 g/mol. The van der Waals surface area contributed by atoms with Crippen LogP contribution in [-0.4, -0.2) is 52.3 Å². The monoisotopic (exact) mass is 305 g/mol.